The number of nitrogens with one attached hydrogen (secondary N) is 1. The fraction of sp³-hybridized carbons (Fsp3) is 0.923. The minimum absolute atomic E-state index is 0.114. The Bertz CT molecular complexity index is 222. The summed E-state index contributed by atoms with van der Waals surface area (Å²) in [6, 6.07) is 0. The average molecular weight is 242 g/mol. The van der Waals surface area contributed by atoms with Crippen molar-refractivity contribution in [1.82, 2.24) is 5.32 Å². The molecule has 0 radical (unpaired) electrons. The molecule has 0 aromatic heterocycles. The van der Waals surface area contributed by atoms with Crippen molar-refractivity contribution in [2.24, 2.45) is 11.1 Å². The first-order valence-electron chi connectivity index (χ1n) is 6.77. The zero-order valence-electron chi connectivity index (χ0n) is 11.0. The van der Waals surface area contributed by atoms with Crippen molar-refractivity contribution >= 4 is 5.91 Å². The van der Waals surface area contributed by atoms with E-state index >= 15 is 0 Å². The Balaban J connectivity index is 2.01. The van der Waals surface area contributed by atoms with Gasteiger partial charge in [-0.25, -0.2) is 0 Å². The van der Waals surface area contributed by atoms with Crippen LogP contribution in [0.2, 0.25) is 0 Å². The van der Waals surface area contributed by atoms with Gasteiger partial charge in [-0.2, -0.15) is 0 Å². The minimum Gasteiger partial charge on any atom is -0.381 e. The molecule has 0 saturated heterocycles. The lowest BCUT2D eigenvalue weighted by atomic mass is 9.66. The van der Waals surface area contributed by atoms with E-state index in [1.807, 2.05) is 0 Å². The fourth-order valence-electron chi connectivity index (χ4n) is 2.18. The highest BCUT2D eigenvalue weighted by molar-refractivity contribution is 5.76. The van der Waals surface area contributed by atoms with Gasteiger partial charge in [-0.3, -0.25) is 4.79 Å². The summed E-state index contributed by atoms with van der Waals surface area (Å²) >= 11 is 0. The van der Waals surface area contributed by atoms with Crippen LogP contribution in [0.15, 0.2) is 0 Å². The van der Waals surface area contributed by atoms with Crippen LogP contribution in [-0.4, -0.2) is 32.2 Å². The van der Waals surface area contributed by atoms with Crippen molar-refractivity contribution in [1.29, 1.82) is 0 Å². The van der Waals surface area contributed by atoms with Crippen molar-refractivity contribution in [3.63, 3.8) is 0 Å². The largest absolute Gasteiger partial charge is 0.381 e. The molecule has 1 amide bonds. The number of ether oxygens (including phenoxy) is 1. The van der Waals surface area contributed by atoms with Crippen LogP contribution in [0.25, 0.3) is 0 Å². The second-order valence-corrected chi connectivity index (χ2v) is 5.05. The third-order valence-electron chi connectivity index (χ3n) is 3.52. The van der Waals surface area contributed by atoms with Crippen LogP contribution in [0.4, 0.5) is 0 Å². The molecule has 0 unspecified atom stereocenters. The van der Waals surface area contributed by atoms with Gasteiger partial charge in [0.25, 0.3) is 0 Å². The predicted molar refractivity (Wildman–Crippen MR) is 68.7 cm³/mol. The molecule has 4 heteroatoms. The van der Waals surface area contributed by atoms with Gasteiger partial charge in [-0.1, -0.05) is 13.3 Å². The molecule has 4 nitrogen and oxygen atoms in total. The molecule has 0 spiro atoms. The number of rotatable bonds is 9. The Hall–Kier alpha value is -0.610. The topological polar surface area (TPSA) is 64.3 Å². The molecule has 3 N–H and O–H groups in total. The lowest BCUT2D eigenvalue weighted by Crippen LogP contribution is -2.42. The summed E-state index contributed by atoms with van der Waals surface area (Å²) in [5, 5.41) is 2.94. The van der Waals surface area contributed by atoms with E-state index in [9.17, 15) is 4.79 Å². The Labute approximate surface area is 104 Å². The van der Waals surface area contributed by atoms with Crippen molar-refractivity contribution in [3.8, 4) is 0 Å². The van der Waals surface area contributed by atoms with Gasteiger partial charge in [-0.05, 0) is 37.6 Å². The summed E-state index contributed by atoms with van der Waals surface area (Å²) in [7, 11) is 0. The fourth-order valence-corrected chi connectivity index (χ4v) is 2.18. The van der Waals surface area contributed by atoms with Gasteiger partial charge in [0.05, 0.1) is 0 Å². The van der Waals surface area contributed by atoms with E-state index in [1.165, 1.54) is 6.42 Å². The second kappa shape index (κ2) is 7.67. The maximum absolute atomic E-state index is 11.7. The predicted octanol–water partition coefficient (Wildman–Crippen LogP) is 1.44. The van der Waals surface area contributed by atoms with E-state index in [0.29, 0.717) is 19.5 Å². The molecule has 1 fully saturated rings. The standard InChI is InChI=1S/C13H26N2O2/c1-2-8-17-9-4-7-15-12(16)10-13(11-14)5-3-6-13/h2-11,14H2,1H3,(H,15,16). The third-order valence-corrected chi connectivity index (χ3v) is 3.52. The Morgan fingerprint density at radius 2 is 2.18 bits per heavy atom. The molecule has 0 heterocycles. The lowest BCUT2D eigenvalue weighted by molar-refractivity contribution is -0.124. The number of carbonyl (C=O) groups is 1. The van der Waals surface area contributed by atoms with Crippen LogP contribution >= 0.6 is 0 Å². The first kappa shape index (κ1) is 14.5. The van der Waals surface area contributed by atoms with Crippen molar-refractivity contribution in [2.75, 3.05) is 26.3 Å². The summed E-state index contributed by atoms with van der Waals surface area (Å²) in [5.41, 5.74) is 5.84. The highest BCUT2D eigenvalue weighted by atomic mass is 16.5. The van der Waals surface area contributed by atoms with Crippen LogP contribution in [0.5, 0.6) is 0 Å². The second-order valence-electron chi connectivity index (χ2n) is 5.05. The third kappa shape index (κ3) is 5.04. The molecule has 0 atom stereocenters. The van der Waals surface area contributed by atoms with Crippen LogP contribution in [0.3, 0.4) is 0 Å². The zero-order chi connectivity index (χ0) is 12.6. The molecular weight excluding hydrogens is 216 g/mol. The van der Waals surface area contributed by atoms with Crippen LogP contribution in [0.1, 0.15) is 45.4 Å². The van der Waals surface area contributed by atoms with Crippen LogP contribution in [0, 0.1) is 5.41 Å². The van der Waals surface area contributed by atoms with E-state index in [2.05, 4.69) is 12.2 Å². The number of hydrogen-bond acceptors (Lipinski definition) is 3. The van der Waals surface area contributed by atoms with E-state index in [1.54, 1.807) is 0 Å². The summed E-state index contributed by atoms with van der Waals surface area (Å²) in [6.45, 7) is 4.98. The van der Waals surface area contributed by atoms with Gasteiger partial charge in [0.2, 0.25) is 5.91 Å². The molecule has 1 rings (SSSR count). The molecule has 0 aliphatic heterocycles. The summed E-state index contributed by atoms with van der Waals surface area (Å²) in [5.74, 6) is 0.144. The van der Waals surface area contributed by atoms with E-state index in [0.717, 1.165) is 38.9 Å². The minimum atomic E-state index is 0.114. The molecule has 1 aliphatic rings. The molecule has 17 heavy (non-hydrogen) atoms. The van der Waals surface area contributed by atoms with Crippen LogP contribution < -0.4 is 11.1 Å². The maximum Gasteiger partial charge on any atom is 0.220 e. The van der Waals surface area contributed by atoms with Crippen molar-refractivity contribution in [3.05, 3.63) is 0 Å². The Morgan fingerprint density at radius 1 is 1.41 bits per heavy atom. The monoisotopic (exact) mass is 242 g/mol. The highest BCUT2D eigenvalue weighted by Crippen LogP contribution is 2.42. The van der Waals surface area contributed by atoms with Crippen molar-refractivity contribution < 1.29 is 9.53 Å². The van der Waals surface area contributed by atoms with Crippen LogP contribution in [-0.2, 0) is 9.53 Å². The molecule has 0 aromatic rings. The summed E-state index contributed by atoms with van der Waals surface area (Å²) < 4.78 is 5.35. The normalized spacial score (nSPS) is 17.5. The van der Waals surface area contributed by atoms with E-state index < -0.39 is 0 Å². The van der Waals surface area contributed by atoms with E-state index in [4.69, 9.17) is 10.5 Å². The molecule has 1 saturated carbocycles. The van der Waals surface area contributed by atoms with Gasteiger partial charge in [0.1, 0.15) is 0 Å². The van der Waals surface area contributed by atoms with Gasteiger partial charge < -0.3 is 15.8 Å². The Morgan fingerprint density at radius 3 is 2.71 bits per heavy atom. The quantitative estimate of drug-likeness (QED) is 0.601. The number of amides is 1. The average Bonchev–Trinajstić information content (AvgIpc) is 2.28. The molecular formula is C13H26N2O2. The van der Waals surface area contributed by atoms with Gasteiger partial charge >= 0.3 is 0 Å². The Kier molecular flexibility index (Phi) is 6.52. The molecule has 100 valence electrons. The SMILES string of the molecule is CCCOCCCNC(=O)CC1(CN)CCC1. The molecule has 0 bridgehead atoms. The molecule has 1 aliphatic carbocycles. The van der Waals surface area contributed by atoms with E-state index in [-0.39, 0.29) is 11.3 Å². The number of hydrogen-bond donors (Lipinski definition) is 2. The number of nitrogens with two attached hydrogens (primary N) is 1. The van der Waals surface area contributed by atoms with Gasteiger partial charge in [-0.15, -0.1) is 0 Å². The summed E-state index contributed by atoms with van der Waals surface area (Å²) in [6.07, 6.45) is 5.97. The van der Waals surface area contributed by atoms with Gasteiger partial charge in [0.15, 0.2) is 0 Å². The lowest BCUT2D eigenvalue weighted by Gasteiger charge is -2.40. The highest BCUT2D eigenvalue weighted by Gasteiger charge is 2.37. The maximum atomic E-state index is 11.7. The smallest absolute Gasteiger partial charge is 0.220 e. The first-order valence-corrected chi connectivity index (χ1v) is 6.77. The number of carbonyl (C=O) groups excluding carboxylic acids is 1. The van der Waals surface area contributed by atoms with Crippen molar-refractivity contribution in [2.45, 2.75) is 45.4 Å². The zero-order valence-corrected chi connectivity index (χ0v) is 11.0. The molecule has 0 aromatic carbocycles. The van der Waals surface area contributed by atoms with Gasteiger partial charge in [0, 0.05) is 26.2 Å². The first-order chi connectivity index (χ1) is 8.22. The summed E-state index contributed by atoms with van der Waals surface area (Å²) in [4.78, 5) is 11.7.